The van der Waals surface area contributed by atoms with Gasteiger partial charge in [0.1, 0.15) is 5.78 Å². The predicted octanol–water partition coefficient (Wildman–Crippen LogP) is 3.58. The van der Waals surface area contributed by atoms with Crippen LogP contribution >= 0.6 is 0 Å². The van der Waals surface area contributed by atoms with Crippen LogP contribution in [0.3, 0.4) is 0 Å². The summed E-state index contributed by atoms with van der Waals surface area (Å²) in [5, 5.41) is 28.8. The summed E-state index contributed by atoms with van der Waals surface area (Å²) >= 11 is 0. The maximum atomic E-state index is 12.1. The molecule has 0 aromatic carbocycles. The molecule has 5 nitrogen and oxygen atoms in total. The van der Waals surface area contributed by atoms with Crippen molar-refractivity contribution in [1.82, 2.24) is 0 Å². The van der Waals surface area contributed by atoms with Crippen molar-refractivity contribution in [2.45, 2.75) is 64.1 Å². The van der Waals surface area contributed by atoms with E-state index in [-0.39, 0.29) is 24.5 Å². The first kappa shape index (κ1) is 23.1. The van der Waals surface area contributed by atoms with Gasteiger partial charge < -0.3 is 15.3 Å². The molecule has 27 heavy (non-hydrogen) atoms. The Morgan fingerprint density at radius 2 is 1.93 bits per heavy atom. The Labute approximate surface area is 161 Å². The fraction of sp³-hybridized carbons (Fsp3) is 0.545. The fourth-order valence-electron chi connectivity index (χ4n) is 3.10. The lowest BCUT2D eigenvalue weighted by Crippen LogP contribution is -2.19. The maximum absolute atomic E-state index is 12.1. The van der Waals surface area contributed by atoms with Gasteiger partial charge in [0.15, 0.2) is 0 Å². The second kappa shape index (κ2) is 13.2. The third-order valence-corrected chi connectivity index (χ3v) is 4.60. The minimum Gasteiger partial charge on any atom is -0.481 e. The molecule has 0 aromatic rings. The summed E-state index contributed by atoms with van der Waals surface area (Å²) < 4.78 is 0. The smallest absolute Gasteiger partial charge is 0.303 e. The van der Waals surface area contributed by atoms with Gasteiger partial charge in [-0.25, -0.2) is 0 Å². The number of allylic oxidation sites excluding steroid dienone is 6. The molecule has 0 radical (unpaired) electrons. The highest BCUT2D eigenvalue weighted by molar-refractivity contribution is 5.86. The topological polar surface area (TPSA) is 94.8 Å². The maximum Gasteiger partial charge on any atom is 0.303 e. The third-order valence-electron chi connectivity index (χ3n) is 4.60. The first-order valence-electron chi connectivity index (χ1n) is 9.69. The van der Waals surface area contributed by atoms with E-state index in [4.69, 9.17) is 5.11 Å². The van der Waals surface area contributed by atoms with Crippen molar-refractivity contribution < 1.29 is 24.9 Å². The third kappa shape index (κ3) is 9.50. The molecule has 0 aliphatic heterocycles. The van der Waals surface area contributed by atoms with E-state index in [2.05, 4.69) is 19.1 Å². The van der Waals surface area contributed by atoms with Crippen molar-refractivity contribution in [3.63, 3.8) is 0 Å². The van der Waals surface area contributed by atoms with E-state index in [9.17, 15) is 19.8 Å². The largest absolute Gasteiger partial charge is 0.481 e. The zero-order valence-corrected chi connectivity index (χ0v) is 16.0. The number of aliphatic hydroxyl groups excluding tert-OH is 2. The average Bonchev–Trinajstić information content (AvgIpc) is 2.88. The van der Waals surface area contributed by atoms with Crippen LogP contribution in [-0.2, 0) is 9.59 Å². The van der Waals surface area contributed by atoms with Gasteiger partial charge in [-0.05, 0) is 32.1 Å². The van der Waals surface area contributed by atoms with Crippen molar-refractivity contribution in [2.24, 2.45) is 11.8 Å². The Bertz CT molecular complexity index is 573. The van der Waals surface area contributed by atoms with Crippen LogP contribution in [0.5, 0.6) is 0 Å². The van der Waals surface area contributed by atoms with Crippen molar-refractivity contribution in [2.75, 3.05) is 0 Å². The van der Waals surface area contributed by atoms with Crippen molar-refractivity contribution in [3.05, 3.63) is 48.6 Å². The van der Waals surface area contributed by atoms with Gasteiger partial charge in [-0.1, -0.05) is 55.5 Å². The molecule has 0 aromatic heterocycles. The monoisotopic (exact) mass is 376 g/mol. The normalized spacial score (nSPS) is 24.9. The highest BCUT2D eigenvalue weighted by atomic mass is 16.4. The van der Waals surface area contributed by atoms with Gasteiger partial charge in [0, 0.05) is 24.7 Å². The van der Waals surface area contributed by atoms with Crippen molar-refractivity contribution >= 4 is 11.8 Å². The first-order valence-corrected chi connectivity index (χ1v) is 9.69. The number of carboxylic acid groups (broad SMARTS) is 1. The number of hydrogen-bond donors (Lipinski definition) is 3. The summed E-state index contributed by atoms with van der Waals surface area (Å²) in [5.41, 5.74) is 0. The Morgan fingerprint density at radius 3 is 2.63 bits per heavy atom. The molecule has 0 unspecified atom stereocenters. The fourth-order valence-corrected chi connectivity index (χ4v) is 3.10. The molecule has 3 N–H and O–H groups in total. The number of ketones is 1. The summed E-state index contributed by atoms with van der Waals surface area (Å²) in [6, 6.07) is 0. The Hall–Kier alpha value is -1.98. The number of carboxylic acids is 1. The molecule has 0 spiro atoms. The molecule has 1 fully saturated rings. The van der Waals surface area contributed by atoms with Gasteiger partial charge in [-0.3, -0.25) is 9.59 Å². The molecule has 1 aliphatic carbocycles. The molecule has 0 bridgehead atoms. The second-order valence-electron chi connectivity index (χ2n) is 6.84. The Kier molecular flexibility index (Phi) is 11.3. The van der Waals surface area contributed by atoms with E-state index in [0.717, 1.165) is 12.8 Å². The Balaban J connectivity index is 2.50. The summed E-state index contributed by atoms with van der Waals surface area (Å²) in [4.78, 5) is 22.6. The molecular weight excluding hydrogens is 344 g/mol. The number of carbonyl (C=O) groups excluding carboxylic acids is 1. The van der Waals surface area contributed by atoms with Crippen molar-refractivity contribution in [3.8, 4) is 0 Å². The van der Waals surface area contributed by atoms with Crippen LogP contribution in [0.4, 0.5) is 0 Å². The molecule has 1 rings (SSSR count). The van der Waals surface area contributed by atoms with Crippen LogP contribution in [0.15, 0.2) is 48.6 Å². The van der Waals surface area contributed by atoms with Crippen LogP contribution in [-0.4, -0.2) is 39.3 Å². The molecule has 1 saturated carbocycles. The summed E-state index contributed by atoms with van der Waals surface area (Å²) in [7, 11) is 0. The number of carbonyl (C=O) groups is 2. The lowest BCUT2D eigenvalue weighted by Gasteiger charge is -2.16. The lowest BCUT2D eigenvalue weighted by atomic mass is 9.90. The number of hydrogen-bond acceptors (Lipinski definition) is 4. The predicted molar refractivity (Wildman–Crippen MR) is 106 cm³/mol. The zero-order chi connectivity index (χ0) is 20.1. The van der Waals surface area contributed by atoms with E-state index >= 15 is 0 Å². The minimum atomic E-state index is -0.846. The van der Waals surface area contributed by atoms with Crippen LogP contribution in [0, 0.1) is 11.8 Å². The summed E-state index contributed by atoms with van der Waals surface area (Å²) in [6.07, 6.45) is 17.2. The van der Waals surface area contributed by atoms with E-state index in [1.165, 1.54) is 0 Å². The van der Waals surface area contributed by atoms with Gasteiger partial charge in [0.25, 0.3) is 0 Å². The molecule has 0 amide bonds. The van der Waals surface area contributed by atoms with Crippen LogP contribution in [0.2, 0.25) is 0 Å². The number of aliphatic hydroxyl groups is 2. The molecule has 5 heteroatoms. The lowest BCUT2D eigenvalue weighted by molar-refractivity contribution is -0.136. The second-order valence-corrected chi connectivity index (χ2v) is 6.84. The molecule has 1 aliphatic rings. The van der Waals surface area contributed by atoms with Crippen LogP contribution < -0.4 is 0 Å². The van der Waals surface area contributed by atoms with Crippen LogP contribution in [0.1, 0.15) is 51.9 Å². The van der Waals surface area contributed by atoms with E-state index in [0.29, 0.717) is 19.3 Å². The Morgan fingerprint density at radius 1 is 1.19 bits per heavy atom. The van der Waals surface area contributed by atoms with Gasteiger partial charge in [0.2, 0.25) is 0 Å². The van der Waals surface area contributed by atoms with Gasteiger partial charge in [-0.2, -0.15) is 0 Å². The van der Waals surface area contributed by atoms with Gasteiger partial charge >= 0.3 is 5.97 Å². The van der Waals surface area contributed by atoms with Gasteiger partial charge in [0.05, 0.1) is 12.2 Å². The zero-order valence-electron chi connectivity index (χ0n) is 16.0. The van der Waals surface area contributed by atoms with Crippen molar-refractivity contribution in [1.29, 1.82) is 0 Å². The quantitative estimate of drug-likeness (QED) is 0.453. The molecule has 150 valence electrons. The minimum absolute atomic E-state index is 0.0184. The molecular formula is C22H32O5. The standard InChI is InChI=1S/C22H32O5/c1-2-3-4-5-6-8-11-17(23)14-15-19-18(20(24)16-21(19)25)12-9-7-10-13-22(26)27/h3-4,6-9,14-15,17-20,23-24H,2,5,10-13,16H2,1H3,(H,26,27)/b4-3-,8-6-,9-7-,15-14+/t17-,18+,19-,20-/m1/s1. The summed E-state index contributed by atoms with van der Waals surface area (Å²) in [6.45, 7) is 2.08. The van der Waals surface area contributed by atoms with Gasteiger partial charge in [-0.15, -0.1) is 0 Å². The molecule has 4 atom stereocenters. The number of rotatable bonds is 12. The van der Waals surface area contributed by atoms with E-state index in [1.807, 2.05) is 18.2 Å². The first-order chi connectivity index (χ1) is 13.0. The number of Topliss-reactive ketones (excluding diaryl/α,β-unsaturated/α-hetero) is 1. The SMILES string of the molecule is CC/C=C\C/C=C\C[C@@H](O)/C=C/[C@H]1C(=O)C[C@@H](O)[C@H]1C/C=C\CCC(=O)O. The van der Waals surface area contributed by atoms with Crippen LogP contribution in [0.25, 0.3) is 0 Å². The highest BCUT2D eigenvalue weighted by Crippen LogP contribution is 2.33. The number of aliphatic carboxylic acids is 1. The van der Waals surface area contributed by atoms with E-state index in [1.54, 1.807) is 18.2 Å². The van der Waals surface area contributed by atoms with E-state index < -0.39 is 24.1 Å². The molecule has 0 heterocycles. The summed E-state index contributed by atoms with van der Waals surface area (Å²) in [5.74, 6) is -1.50. The molecule has 0 saturated heterocycles. The highest BCUT2D eigenvalue weighted by Gasteiger charge is 2.39. The average molecular weight is 376 g/mol.